The Labute approximate surface area is 126 Å². The van der Waals surface area contributed by atoms with Gasteiger partial charge in [0, 0.05) is 23.5 Å². The summed E-state index contributed by atoms with van der Waals surface area (Å²) < 4.78 is 27.5. The Kier molecular flexibility index (Phi) is 4.31. The van der Waals surface area contributed by atoms with Crippen LogP contribution < -0.4 is 5.73 Å². The Morgan fingerprint density at radius 3 is 2.50 bits per heavy atom. The third-order valence-corrected chi connectivity index (χ3v) is 7.73. The highest BCUT2D eigenvalue weighted by molar-refractivity contribution is 7.91. The lowest BCUT2D eigenvalue weighted by molar-refractivity contribution is 0.247. The van der Waals surface area contributed by atoms with E-state index in [0.29, 0.717) is 10.8 Å². The molecule has 2 N–H and O–H groups in total. The summed E-state index contributed by atoms with van der Waals surface area (Å²) in [7, 11) is -3.38. The van der Waals surface area contributed by atoms with E-state index in [1.807, 2.05) is 13.0 Å². The molecular formula is C14H24N2O2S2. The van der Waals surface area contributed by atoms with E-state index in [1.165, 1.54) is 11.3 Å². The van der Waals surface area contributed by atoms with Gasteiger partial charge < -0.3 is 5.73 Å². The minimum atomic E-state index is -3.38. The van der Waals surface area contributed by atoms with Gasteiger partial charge in [-0.25, -0.2) is 8.42 Å². The summed E-state index contributed by atoms with van der Waals surface area (Å²) in [6.07, 6.45) is 1.47. The van der Waals surface area contributed by atoms with Gasteiger partial charge in [0.25, 0.3) is 10.0 Å². The maximum Gasteiger partial charge on any atom is 0.252 e. The molecule has 1 aliphatic heterocycles. The molecule has 0 unspecified atom stereocenters. The van der Waals surface area contributed by atoms with Crippen LogP contribution in [0.25, 0.3) is 0 Å². The SMILES string of the molecule is C[C@@H]1C[C@@H](N)CCN1S(=O)(=O)c1ccc(C(C)(C)C)s1. The van der Waals surface area contributed by atoms with Crippen LogP contribution in [0, 0.1) is 0 Å². The molecule has 2 atom stereocenters. The molecule has 0 radical (unpaired) electrons. The summed E-state index contributed by atoms with van der Waals surface area (Å²) in [5, 5.41) is 0. The number of thiophene rings is 1. The molecule has 2 heterocycles. The standard InChI is InChI=1S/C14H24N2O2S2/c1-10-9-11(15)7-8-16(10)20(17,18)13-6-5-12(19-13)14(2,3)4/h5-6,10-11H,7-9,15H2,1-4H3/t10-,11+/m1/s1. The molecule has 0 saturated carbocycles. The Hall–Kier alpha value is -0.430. The van der Waals surface area contributed by atoms with E-state index in [1.54, 1.807) is 10.4 Å². The van der Waals surface area contributed by atoms with Crippen LogP contribution in [0.4, 0.5) is 0 Å². The molecule has 114 valence electrons. The summed E-state index contributed by atoms with van der Waals surface area (Å²) in [6, 6.07) is 3.76. The minimum Gasteiger partial charge on any atom is -0.328 e. The van der Waals surface area contributed by atoms with Gasteiger partial charge in [-0.05, 0) is 37.3 Å². The molecular weight excluding hydrogens is 292 g/mol. The highest BCUT2D eigenvalue weighted by Crippen LogP contribution is 2.34. The smallest absolute Gasteiger partial charge is 0.252 e. The Morgan fingerprint density at radius 2 is 2.00 bits per heavy atom. The van der Waals surface area contributed by atoms with E-state index in [0.717, 1.165) is 17.7 Å². The number of piperidine rings is 1. The first-order valence-electron chi connectivity index (χ1n) is 7.00. The number of hydrogen-bond acceptors (Lipinski definition) is 4. The van der Waals surface area contributed by atoms with Crippen molar-refractivity contribution in [3.05, 3.63) is 17.0 Å². The van der Waals surface area contributed by atoms with Gasteiger partial charge in [0.05, 0.1) is 0 Å². The van der Waals surface area contributed by atoms with Crippen LogP contribution in [0.2, 0.25) is 0 Å². The largest absolute Gasteiger partial charge is 0.328 e. The van der Waals surface area contributed by atoms with E-state index in [-0.39, 0.29) is 17.5 Å². The number of nitrogens with two attached hydrogens (primary N) is 1. The van der Waals surface area contributed by atoms with Crippen LogP contribution in [0.5, 0.6) is 0 Å². The van der Waals surface area contributed by atoms with Crippen molar-refractivity contribution in [1.29, 1.82) is 0 Å². The molecule has 0 aromatic carbocycles. The lowest BCUT2D eigenvalue weighted by Gasteiger charge is -2.34. The van der Waals surface area contributed by atoms with E-state index in [9.17, 15) is 8.42 Å². The molecule has 0 bridgehead atoms. The molecule has 4 nitrogen and oxygen atoms in total. The number of nitrogens with zero attached hydrogens (tertiary/aromatic N) is 1. The van der Waals surface area contributed by atoms with Crippen molar-refractivity contribution in [3.8, 4) is 0 Å². The fraction of sp³-hybridized carbons (Fsp3) is 0.714. The van der Waals surface area contributed by atoms with Crippen molar-refractivity contribution in [2.45, 2.75) is 62.2 Å². The van der Waals surface area contributed by atoms with Gasteiger partial charge in [-0.1, -0.05) is 20.8 Å². The first-order chi connectivity index (χ1) is 9.12. The van der Waals surface area contributed by atoms with E-state index in [2.05, 4.69) is 20.8 Å². The minimum absolute atomic E-state index is 0.0195. The van der Waals surface area contributed by atoms with E-state index < -0.39 is 10.0 Å². The maximum absolute atomic E-state index is 12.7. The summed E-state index contributed by atoms with van der Waals surface area (Å²) in [4.78, 5) is 1.09. The zero-order chi connectivity index (χ0) is 15.1. The zero-order valence-electron chi connectivity index (χ0n) is 12.6. The quantitative estimate of drug-likeness (QED) is 0.912. The molecule has 0 aliphatic carbocycles. The lowest BCUT2D eigenvalue weighted by Crippen LogP contribution is -2.48. The second kappa shape index (κ2) is 5.40. The number of rotatable bonds is 2. The predicted molar refractivity (Wildman–Crippen MR) is 83.6 cm³/mol. The van der Waals surface area contributed by atoms with Crippen molar-refractivity contribution in [2.24, 2.45) is 5.73 Å². The van der Waals surface area contributed by atoms with Gasteiger partial charge >= 0.3 is 0 Å². The maximum atomic E-state index is 12.7. The second-order valence-electron chi connectivity index (χ2n) is 6.62. The third-order valence-electron chi connectivity index (χ3n) is 3.74. The van der Waals surface area contributed by atoms with Crippen LogP contribution in [0.3, 0.4) is 0 Å². The van der Waals surface area contributed by atoms with Crippen molar-refractivity contribution in [3.63, 3.8) is 0 Å². The zero-order valence-corrected chi connectivity index (χ0v) is 14.2. The Morgan fingerprint density at radius 1 is 1.35 bits per heavy atom. The third kappa shape index (κ3) is 3.08. The fourth-order valence-electron chi connectivity index (χ4n) is 2.52. The Bertz CT molecular complexity index is 572. The van der Waals surface area contributed by atoms with Crippen molar-refractivity contribution in [2.75, 3.05) is 6.54 Å². The van der Waals surface area contributed by atoms with Crippen molar-refractivity contribution < 1.29 is 8.42 Å². The molecule has 20 heavy (non-hydrogen) atoms. The average molecular weight is 316 g/mol. The lowest BCUT2D eigenvalue weighted by atomic mass is 9.95. The monoisotopic (exact) mass is 316 g/mol. The molecule has 1 fully saturated rings. The van der Waals surface area contributed by atoms with Crippen LogP contribution in [-0.2, 0) is 15.4 Å². The van der Waals surface area contributed by atoms with Crippen LogP contribution in [0.15, 0.2) is 16.3 Å². The molecule has 0 spiro atoms. The molecule has 1 aromatic rings. The highest BCUT2D eigenvalue weighted by atomic mass is 32.2. The van der Waals surface area contributed by atoms with Gasteiger partial charge in [-0.2, -0.15) is 4.31 Å². The molecule has 1 aromatic heterocycles. The molecule has 1 saturated heterocycles. The van der Waals surface area contributed by atoms with Crippen LogP contribution in [0.1, 0.15) is 45.4 Å². The highest BCUT2D eigenvalue weighted by Gasteiger charge is 2.34. The summed E-state index contributed by atoms with van der Waals surface area (Å²) in [6.45, 7) is 8.75. The molecule has 0 amide bonds. The second-order valence-corrected chi connectivity index (χ2v) is 9.82. The normalized spacial score (nSPS) is 25.9. The fourth-order valence-corrected chi connectivity index (χ4v) is 5.67. The summed E-state index contributed by atoms with van der Waals surface area (Å²) in [5.74, 6) is 0. The molecule has 1 aliphatic rings. The Balaban J connectivity index is 2.29. The van der Waals surface area contributed by atoms with E-state index >= 15 is 0 Å². The van der Waals surface area contributed by atoms with Gasteiger partial charge in [0.1, 0.15) is 4.21 Å². The van der Waals surface area contributed by atoms with Gasteiger partial charge in [-0.15, -0.1) is 11.3 Å². The average Bonchev–Trinajstić information content (AvgIpc) is 2.77. The van der Waals surface area contributed by atoms with Crippen molar-refractivity contribution >= 4 is 21.4 Å². The predicted octanol–water partition coefficient (Wildman–Crippen LogP) is 2.55. The van der Waals surface area contributed by atoms with Crippen LogP contribution >= 0.6 is 11.3 Å². The first kappa shape index (κ1) is 15.9. The molecule has 2 rings (SSSR count). The van der Waals surface area contributed by atoms with Gasteiger partial charge in [0.2, 0.25) is 0 Å². The van der Waals surface area contributed by atoms with E-state index in [4.69, 9.17) is 5.73 Å². The van der Waals surface area contributed by atoms with Gasteiger partial charge in [-0.3, -0.25) is 0 Å². The van der Waals surface area contributed by atoms with Crippen molar-refractivity contribution in [1.82, 2.24) is 4.31 Å². The topological polar surface area (TPSA) is 63.4 Å². The van der Waals surface area contributed by atoms with Crippen LogP contribution in [-0.4, -0.2) is 31.4 Å². The number of hydrogen-bond donors (Lipinski definition) is 1. The summed E-state index contributed by atoms with van der Waals surface area (Å²) in [5.41, 5.74) is 5.89. The molecule has 6 heteroatoms. The summed E-state index contributed by atoms with van der Waals surface area (Å²) >= 11 is 1.38. The first-order valence-corrected chi connectivity index (χ1v) is 9.26. The van der Waals surface area contributed by atoms with Gasteiger partial charge in [0.15, 0.2) is 0 Å². The number of sulfonamides is 1.